The highest BCUT2D eigenvalue weighted by Crippen LogP contribution is 2.18. The quantitative estimate of drug-likeness (QED) is 0.822. The van der Waals surface area contributed by atoms with Gasteiger partial charge in [-0.25, -0.2) is 0 Å². The minimum absolute atomic E-state index is 0.179. The standard InChI is InChI=1S/C10H10BrN3/c1-8(14-12-6-7-13-14)9-2-4-10(11)5-3-9/h2-8H,1H3/t8-/m0/s1. The van der Waals surface area contributed by atoms with Crippen molar-refractivity contribution >= 4 is 15.9 Å². The van der Waals surface area contributed by atoms with Gasteiger partial charge < -0.3 is 0 Å². The van der Waals surface area contributed by atoms with Crippen molar-refractivity contribution in [1.29, 1.82) is 0 Å². The van der Waals surface area contributed by atoms with Crippen molar-refractivity contribution in [3.8, 4) is 0 Å². The van der Waals surface area contributed by atoms with E-state index in [0.717, 1.165) is 4.47 Å². The van der Waals surface area contributed by atoms with Gasteiger partial charge in [0, 0.05) is 4.47 Å². The summed E-state index contributed by atoms with van der Waals surface area (Å²) in [5, 5.41) is 8.22. The molecule has 0 aliphatic heterocycles. The van der Waals surface area contributed by atoms with Crippen LogP contribution in [0, 0.1) is 0 Å². The number of aromatic nitrogens is 3. The van der Waals surface area contributed by atoms with Gasteiger partial charge in [-0.3, -0.25) is 0 Å². The van der Waals surface area contributed by atoms with Crippen LogP contribution in [0.5, 0.6) is 0 Å². The second-order valence-corrected chi connectivity index (χ2v) is 3.99. The average molecular weight is 252 g/mol. The van der Waals surface area contributed by atoms with Crippen LogP contribution in [0.2, 0.25) is 0 Å². The van der Waals surface area contributed by atoms with Crippen molar-refractivity contribution in [2.75, 3.05) is 0 Å². The topological polar surface area (TPSA) is 30.7 Å². The van der Waals surface area contributed by atoms with Gasteiger partial charge >= 0.3 is 0 Å². The van der Waals surface area contributed by atoms with Gasteiger partial charge in [-0.05, 0) is 24.6 Å². The Morgan fingerprint density at radius 1 is 1.14 bits per heavy atom. The van der Waals surface area contributed by atoms with Crippen LogP contribution < -0.4 is 0 Å². The summed E-state index contributed by atoms with van der Waals surface area (Å²) in [5.74, 6) is 0. The maximum atomic E-state index is 4.11. The van der Waals surface area contributed by atoms with Crippen molar-refractivity contribution < 1.29 is 0 Å². The van der Waals surface area contributed by atoms with Crippen molar-refractivity contribution in [2.24, 2.45) is 0 Å². The maximum Gasteiger partial charge on any atom is 0.0937 e. The van der Waals surface area contributed by atoms with E-state index in [4.69, 9.17) is 0 Å². The molecule has 1 aromatic carbocycles. The first-order valence-electron chi connectivity index (χ1n) is 4.38. The number of hydrogen-bond donors (Lipinski definition) is 0. The van der Waals surface area contributed by atoms with E-state index >= 15 is 0 Å². The summed E-state index contributed by atoms with van der Waals surface area (Å²) in [6, 6.07) is 8.36. The molecule has 0 aliphatic carbocycles. The predicted molar refractivity (Wildman–Crippen MR) is 58.0 cm³/mol. The Labute approximate surface area is 90.9 Å². The zero-order valence-electron chi connectivity index (χ0n) is 7.76. The molecule has 0 radical (unpaired) electrons. The van der Waals surface area contributed by atoms with E-state index < -0.39 is 0 Å². The zero-order valence-corrected chi connectivity index (χ0v) is 9.35. The van der Waals surface area contributed by atoms with E-state index in [-0.39, 0.29) is 6.04 Å². The van der Waals surface area contributed by atoms with Crippen LogP contribution in [0.15, 0.2) is 41.1 Å². The molecular formula is C10H10BrN3. The van der Waals surface area contributed by atoms with Crippen LogP contribution in [0.4, 0.5) is 0 Å². The van der Waals surface area contributed by atoms with E-state index in [0.29, 0.717) is 0 Å². The SMILES string of the molecule is C[C@@H](c1ccc(Br)cc1)n1nccn1. The van der Waals surface area contributed by atoms with E-state index in [1.165, 1.54) is 5.56 Å². The van der Waals surface area contributed by atoms with Gasteiger partial charge in [-0.15, -0.1) is 0 Å². The molecule has 3 nitrogen and oxygen atoms in total. The highest BCUT2D eigenvalue weighted by molar-refractivity contribution is 9.10. The molecule has 4 heteroatoms. The largest absolute Gasteiger partial charge is 0.178 e. The minimum atomic E-state index is 0.179. The summed E-state index contributed by atoms with van der Waals surface area (Å²) in [6.07, 6.45) is 3.38. The van der Waals surface area contributed by atoms with Crippen molar-refractivity contribution in [3.63, 3.8) is 0 Å². The number of rotatable bonds is 2. The molecule has 0 saturated heterocycles. The van der Waals surface area contributed by atoms with Crippen LogP contribution in [0.25, 0.3) is 0 Å². The second-order valence-electron chi connectivity index (χ2n) is 3.08. The first kappa shape index (κ1) is 9.40. The Hall–Kier alpha value is -1.16. The molecule has 0 unspecified atom stereocenters. The first-order valence-corrected chi connectivity index (χ1v) is 5.18. The van der Waals surface area contributed by atoms with Crippen LogP contribution in [-0.4, -0.2) is 15.0 Å². The summed E-state index contributed by atoms with van der Waals surface area (Å²) in [6.45, 7) is 2.07. The Balaban J connectivity index is 2.28. The lowest BCUT2D eigenvalue weighted by Crippen LogP contribution is -2.09. The highest BCUT2D eigenvalue weighted by atomic mass is 79.9. The fraction of sp³-hybridized carbons (Fsp3) is 0.200. The van der Waals surface area contributed by atoms with E-state index in [9.17, 15) is 0 Å². The fourth-order valence-corrected chi connectivity index (χ4v) is 1.57. The lowest BCUT2D eigenvalue weighted by molar-refractivity contribution is 0.493. The number of benzene rings is 1. The Morgan fingerprint density at radius 2 is 1.71 bits per heavy atom. The van der Waals surface area contributed by atoms with Gasteiger partial charge in [0.05, 0.1) is 18.4 Å². The number of halogens is 1. The summed E-state index contributed by atoms with van der Waals surface area (Å²) in [4.78, 5) is 1.70. The van der Waals surface area contributed by atoms with Gasteiger partial charge in [-0.2, -0.15) is 15.0 Å². The summed E-state index contributed by atoms with van der Waals surface area (Å²) < 4.78 is 1.09. The molecule has 0 fully saturated rings. The minimum Gasteiger partial charge on any atom is -0.178 e. The molecule has 1 atom stereocenters. The molecular weight excluding hydrogens is 242 g/mol. The highest BCUT2D eigenvalue weighted by Gasteiger charge is 2.07. The van der Waals surface area contributed by atoms with Gasteiger partial charge in [0.15, 0.2) is 0 Å². The molecule has 0 amide bonds. The third kappa shape index (κ3) is 1.85. The van der Waals surface area contributed by atoms with Gasteiger partial charge in [-0.1, -0.05) is 28.1 Å². The molecule has 72 valence electrons. The smallest absolute Gasteiger partial charge is 0.0937 e. The molecule has 14 heavy (non-hydrogen) atoms. The molecule has 0 spiro atoms. The van der Waals surface area contributed by atoms with Crippen LogP contribution in [0.1, 0.15) is 18.5 Å². The Kier molecular flexibility index (Phi) is 2.63. The Morgan fingerprint density at radius 3 is 2.29 bits per heavy atom. The molecule has 0 N–H and O–H groups in total. The third-order valence-electron chi connectivity index (χ3n) is 2.14. The number of nitrogens with zero attached hydrogens (tertiary/aromatic N) is 3. The van der Waals surface area contributed by atoms with Crippen LogP contribution >= 0.6 is 15.9 Å². The van der Waals surface area contributed by atoms with E-state index in [1.807, 2.05) is 12.1 Å². The van der Waals surface area contributed by atoms with Crippen molar-refractivity contribution in [1.82, 2.24) is 15.0 Å². The third-order valence-corrected chi connectivity index (χ3v) is 2.66. The fourth-order valence-electron chi connectivity index (χ4n) is 1.30. The first-order chi connectivity index (χ1) is 6.77. The average Bonchev–Trinajstić information content (AvgIpc) is 2.71. The van der Waals surface area contributed by atoms with Crippen molar-refractivity contribution in [3.05, 3.63) is 46.7 Å². The van der Waals surface area contributed by atoms with Gasteiger partial charge in [0.2, 0.25) is 0 Å². The molecule has 2 aromatic rings. The van der Waals surface area contributed by atoms with E-state index in [1.54, 1.807) is 17.2 Å². The number of hydrogen-bond acceptors (Lipinski definition) is 2. The normalized spacial score (nSPS) is 12.7. The lowest BCUT2D eigenvalue weighted by atomic mass is 10.1. The van der Waals surface area contributed by atoms with Gasteiger partial charge in [0.1, 0.15) is 0 Å². The van der Waals surface area contributed by atoms with Crippen LogP contribution in [0.3, 0.4) is 0 Å². The molecule has 2 rings (SSSR count). The van der Waals surface area contributed by atoms with E-state index in [2.05, 4.69) is 45.2 Å². The zero-order chi connectivity index (χ0) is 9.97. The molecule has 0 saturated carbocycles. The molecule has 1 aromatic heterocycles. The molecule has 0 bridgehead atoms. The predicted octanol–water partition coefficient (Wildman–Crippen LogP) is 2.65. The lowest BCUT2D eigenvalue weighted by Gasteiger charge is -2.10. The van der Waals surface area contributed by atoms with Crippen LogP contribution in [-0.2, 0) is 0 Å². The molecule has 0 aliphatic rings. The maximum absolute atomic E-state index is 4.11. The molecule has 1 heterocycles. The summed E-state index contributed by atoms with van der Waals surface area (Å²) in [7, 11) is 0. The second kappa shape index (κ2) is 3.92. The summed E-state index contributed by atoms with van der Waals surface area (Å²) >= 11 is 3.41. The van der Waals surface area contributed by atoms with Gasteiger partial charge in [0.25, 0.3) is 0 Å². The Bertz CT molecular complexity index is 394. The monoisotopic (exact) mass is 251 g/mol. The van der Waals surface area contributed by atoms with Crippen molar-refractivity contribution in [2.45, 2.75) is 13.0 Å². The summed E-state index contributed by atoms with van der Waals surface area (Å²) in [5.41, 5.74) is 1.20.